The van der Waals surface area contributed by atoms with Crippen molar-refractivity contribution in [2.24, 2.45) is 0 Å². The molecule has 4 nitrogen and oxygen atoms in total. The summed E-state index contributed by atoms with van der Waals surface area (Å²) in [5, 5.41) is 4.06. The first kappa shape index (κ1) is 22.5. The van der Waals surface area contributed by atoms with Gasteiger partial charge in [-0.1, -0.05) is 66.7 Å². The summed E-state index contributed by atoms with van der Waals surface area (Å²) >= 11 is 0. The van der Waals surface area contributed by atoms with Gasteiger partial charge >= 0.3 is 5.97 Å². The van der Waals surface area contributed by atoms with Crippen LogP contribution in [0.1, 0.15) is 17.3 Å². The Kier molecular flexibility index (Phi) is 6.11. The molecule has 0 aliphatic heterocycles. The third-order valence-corrected chi connectivity index (χ3v) is 6.26. The second-order valence-corrected chi connectivity index (χ2v) is 8.22. The second kappa shape index (κ2) is 9.51. The molecule has 5 aromatic carbocycles. The van der Waals surface area contributed by atoms with E-state index >= 15 is 0 Å². The van der Waals surface area contributed by atoms with E-state index in [4.69, 9.17) is 14.2 Å². The van der Waals surface area contributed by atoms with Crippen LogP contribution in [0.5, 0.6) is 11.5 Å². The lowest BCUT2D eigenvalue weighted by Gasteiger charge is -2.20. The van der Waals surface area contributed by atoms with Crippen molar-refractivity contribution in [2.45, 2.75) is 6.92 Å². The summed E-state index contributed by atoms with van der Waals surface area (Å²) in [5.41, 5.74) is 4.79. The van der Waals surface area contributed by atoms with Crippen LogP contribution < -0.4 is 9.47 Å². The van der Waals surface area contributed by atoms with Crippen LogP contribution in [0.25, 0.3) is 43.8 Å². The van der Waals surface area contributed by atoms with Crippen molar-refractivity contribution in [2.75, 3.05) is 20.8 Å². The summed E-state index contributed by atoms with van der Waals surface area (Å²) in [4.78, 5) is 12.7. The Morgan fingerprint density at radius 2 is 1.14 bits per heavy atom. The average Bonchev–Trinajstić information content (AvgIpc) is 2.92. The Balaban J connectivity index is 2.01. The predicted molar refractivity (Wildman–Crippen MR) is 141 cm³/mol. The molecule has 0 unspecified atom stereocenters. The number of hydrogen-bond donors (Lipinski definition) is 0. The van der Waals surface area contributed by atoms with Gasteiger partial charge < -0.3 is 14.2 Å². The first-order valence-corrected chi connectivity index (χ1v) is 11.6. The molecule has 0 N–H and O–H groups in total. The molecule has 35 heavy (non-hydrogen) atoms. The highest BCUT2D eigenvalue weighted by molar-refractivity contribution is 6.22. The van der Waals surface area contributed by atoms with E-state index in [1.54, 1.807) is 14.2 Å². The fraction of sp³-hybridized carbons (Fsp3) is 0.129. The number of rotatable bonds is 6. The Morgan fingerprint density at radius 1 is 0.629 bits per heavy atom. The predicted octanol–water partition coefficient (Wildman–Crippen LogP) is 7.52. The van der Waals surface area contributed by atoms with E-state index in [1.165, 1.54) is 0 Å². The number of fused-ring (bicyclic) bond motifs is 3. The van der Waals surface area contributed by atoms with Crippen molar-refractivity contribution in [1.29, 1.82) is 0 Å². The van der Waals surface area contributed by atoms with Gasteiger partial charge in [-0.25, -0.2) is 4.79 Å². The van der Waals surface area contributed by atoms with Gasteiger partial charge in [-0.15, -0.1) is 0 Å². The number of benzene rings is 5. The molecule has 0 heterocycles. The summed E-state index contributed by atoms with van der Waals surface area (Å²) < 4.78 is 16.6. The van der Waals surface area contributed by atoms with E-state index in [0.29, 0.717) is 23.7 Å². The van der Waals surface area contributed by atoms with Crippen LogP contribution in [0.3, 0.4) is 0 Å². The molecule has 0 fully saturated rings. The Labute approximate surface area is 204 Å². The third-order valence-electron chi connectivity index (χ3n) is 6.26. The Bertz CT molecular complexity index is 1520. The van der Waals surface area contributed by atoms with E-state index in [0.717, 1.165) is 43.8 Å². The minimum absolute atomic E-state index is 0.326. The lowest BCUT2D eigenvalue weighted by Crippen LogP contribution is -2.04. The summed E-state index contributed by atoms with van der Waals surface area (Å²) in [5.74, 6) is 0.989. The van der Waals surface area contributed by atoms with Gasteiger partial charge in [0.25, 0.3) is 0 Å². The molecule has 0 amide bonds. The quantitative estimate of drug-likeness (QED) is 0.193. The highest BCUT2D eigenvalue weighted by Gasteiger charge is 2.21. The van der Waals surface area contributed by atoms with Gasteiger partial charge in [-0.3, -0.25) is 0 Å². The van der Waals surface area contributed by atoms with Crippen molar-refractivity contribution < 1.29 is 19.0 Å². The topological polar surface area (TPSA) is 44.8 Å². The molecule has 0 aliphatic carbocycles. The maximum atomic E-state index is 12.7. The molecule has 0 saturated carbocycles. The first-order chi connectivity index (χ1) is 17.2. The molecule has 5 aromatic rings. The number of carbonyl (C=O) groups is 1. The number of hydrogen-bond acceptors (Lipinski definition) is 4. The standard InChI is InChI=1S/C31H26O4/c1-4-35-31(32)22-15-16-23-24-18-27(33-2)28(34-3)19-26(24)30(21-13-9-6-10-14-21)29(25(23)17-22)20-11-7-5-8-12-20/h5-19H,4H2,1-3H3. The van der Waals surface area contributed by atoms with Crippen LogP contribution in [0, 0.1) is 0 Å². The number of methoxy groups -OCH3 is 2. The summed E-state index contributed by atoms with van der Waals surface area (Å²) in [7, 11) is 3.29. The van der Waals surface area contributed by atoms with Crippen molar-refractivity contribution in [3.05, 3.63) is 96.6 Å². The Hall–Kier alpha value is -4.31. The lowest BCUT2D eigenvalue weighted by molar-refractivity contribution is 0.0526. The fourth-order valence-corrected chi connectivity index (χ4v) is 4.71. The number of ether oxygens (including phenoxy) is 3. The molecule has 4 heteroatoms. The average molecular weight is 463 g/mol. The highest BCUT2D eigenvalue weighted by Crippen LogP contribution is 2.47. The number of esters is 1. The molecule has 0 bridgehead atoms. The largest absolute Gasteiger partial charge is 0.493 e. The minimum Gasteiger partial charge on any atom is -0.493 e. The third kappa shape index (κ3) is 3.97. The number of carbonyl (C=O) groups excluding carboxylic acids is 1. The lowest BCUT2D eigenvalue weighted by atomic mass is 9.84. The van der Waals surface area contributed by atoms with Gasteiger partial charge in [0.05, 0.1) is 26.4 Å². The van der Waals surface area contributed by atoms with Crippen LogP contribution >= 0.6 is 0 Å². The fourth-order valence-electron chi connectivity index (χ4n) is 4.71. The van der Waals surface area contributed by atoms with Gasteiger partial charge in [0.2, 0.25) is 0 Å². The van der Waals surface area contributed by atoms with Crippen molar-refractivity contribution in [3.63, 3.8) is 0 Å². The Morgan fingerprint density at radius 3 is 1.66 bits per heavy atom. The molecule has 0 saturated heterocycles. The minimum atomic E-state index is -0.331. The molecule has 0 spiro atoms. The van der Waals surface area contributed by atoms with Gasteiger partial charge in [0.15, 0.2) is 11.5 Å². The normalized spacial score (nSPS) is 10.9. The molecule has 5 rings (SSSR count). The van der Waals surface area contributed by atoms with Crippen LogP contribution in [-0.2, 0) is 4.74 Å². The van der Waals surface area contributed by atoms with E-state index in [2.05, 4.69) is 24.3 Å². The molecular formula is C31H26O4. The molecule has 0 aliphatic rings. The van der Waals surface area contributed by atoms with Gasteiger partial charge in [-0.2, -0.15) is 0 Å². The van der Waals surface area contributed by atoms with E-state index in [-0.39, 0.29) is 5.97 Å². The zero-order valence-electron chi connectivity index (χ0n) is 20.0. The van der Waals surface area contributed by atoms with Crippen LogP contribution in [0.2, 0.25) is 0 Å². The van der Waals surface area contributed by atoms with Crippen LogP contribution in [0.15, 0.2) is 91.0 Å². The zero-order valence-corrected chi connectivity index (χ0v) is 20.0. The summed E-state index contributed by atoms with van der Waals surface area (Å²) in [6.07, 6.45) is 0. The van der Waals surface area contributed by atoms with Crippen molar-refractivity contribution in [3.8, 4) is 33.8 Å². The maximum Gasteiger partial charge on any atom is 0.338 e. The SMILES string of the molecule is CCOC(=O)c1ccc2c(c1)c(-c1ccccc1)c(-c1ccccc1)c1cc(OC)c(OC)cc12. The van der Waals surface area contributed by atoms with E-state index < -0.39 is 0 Å². The van der Waals surface area contributed by atoms with Crippen molar-refractivity contribution >= 4 is 27.5 Å². The van der Waals surface area contributed by atoms with Gasteiger partial charge in [-0.05, 0) is 75.0 Å². The molecular weight excluding hydrogens is 436 g/mol. The molecule has 0 radical (unpaired) electrons. The van der Waals surface area contributed by atoms with Crippen LogP contribution in [-0.4, -0.2) is 26.8 Å². The maximum absolute atomic E-state index is 12.7. The molecule has 174 valence electrons. The zero-order chi connectivity index (χ0) is 24.4. The van der Waals surface area contributed by atoms with Gasteiger partial charge in [0, 0.05) is 0 Å². The van der Waals surface area contributed by atoms with Gasteiger partial charge in [0.1, 0.15) is 0 Å². The summed E-state index contributed by atoms with van der Waals surface area (Å²) in [6, 6.07) is 30.4. The van der Waals surface area contributed by atoms with Crippen LogP contribution in [0.4, 0.5) is 0 Å². The smallest absolute Gasteiger partial charge is 0.338 e. The molecule has 0 atom stereocenters. The second-order valence-electron chi connectivity index (χ2n) is 8.22. The monoisotopic (exact) mass is 462 g/mol. The first-order valence-electron chi connectivity index (χ1n) is 11.6. The molecule has 0 aromatic heterocycles. The highest BCUT2D eigenvalue weighted by atomic mass is 16.5. The van der Waals surface area contributed by atoms with E-state index in [9.17, 15) is 4.79 Å². The van der Waals surface area contributed by atoms with E-state index in [1.807, 2.05) is 73.7 Å². The van der Waals surface area contributed by atoms with Crippen molar-refractivity contribution in [1.82, 2.24) is 0 Å². The summed E-state index contributed by atoms with van der Waals surface area (Å²) in [6.45, 7) is 2.14.